The highest BCUT2D eigenvalue weighted by Gasteiger charge is 1.96. The fourth-order valence-electron chi connectivity index (χ4n) is 0.725. The molecule has 0 aliphatic carbocycles. The summed E-state index contributed by atoms with van der Waals surface area (Å²) in [5.41, 5.74) is 0.725. The minimum atomic E-state index is -0.140. The van der Waals surface area contributed by atoms with Gasteiger partial charge < -0.3 is 0 Å². The third kappa shape index (κ3) is 1.74. The molecule has 0 bridgehead atoms. The van der Waals surface area contributed by atoms with E-state index in [-0.39, 0.29) is 5.82 Å². The summed E-state index contributed by atoms with van der Waals surface area (Å²) >= 11 is 1.38. The molecule has 0 N–H and O–H groups in total. The van der Waals surface area contributed by atoms with Gasteiger partial charge in [0.05, 0.1) is 0 Å². The van der Waals surface area contributed by atoms with Crippen molar-refractivity contribution in [2.45, 2.75) is 5.75 Å². The number of thioether (sulfide) groups is 1. The molecule has 53 valence electrons. The normalized spacial score (nSPS) is 9.80. The van der Waals surface area contributed by atoms with Gasteiger partial charge in [0.2, 0.25) is 0 Å². The molecule has 0 aliphatic rings. The fourth-order valence-corrected chi connectivity index (χ4v) is 1.18. The van der Waals surface area contributed by atoms with Crippen LogP contribution in [0.5, 0.6) is 0 Å². The van der Waals surface area contributed by atoms with Gasteiger partial charge in [-0.1, -0.05) is 18.2 Å². The lowest BCUT2D eigenvalue weighted by Gasteiger charge is -1.97. The smallest absolute Gasteiger partial charge is 0.127 e. The van der Waals surface area contributed by atoms with Crippen LogP contribution >= 0.6 is 11.8 Å². The van der Waals surface area contributed by atoms with E-state index < -0.39 is 0 Å². The Morgan fingerprint density at radius 1 is 1.40 bits per heavy atom. The van der Waals surface area contributed by atoms with E-state index in [2.05, 4.69) is 6.26 Å². The first-order chi connectivity index (χ1) is 4.84. The van der Waals surface area contributed by atoms with Crippen LogP contribution < -0.4 is 0 Å². The SMILES string of the molecule is [CH2]SCc1ccccc1F. The maximum atomic E-state index is 12.7. The van der Waals surface area contributed by atoms with Crippen LogP contribution in [0.1, 0.15) is 5.56 Å². The molecule has 10 heavy (non-hydrogen) atoms. The van der Waals surface area contributed by atoms with Gasteiger partial charge in [0.25, 0.3) is 0 Å². The van der Waals surface area contributed by atoms with Gasteiger partial charge >= 0.3 is 0 Å². The van der Waals surface area contributed by atoms with E-state index in [1.54, 1.807) is 12.1 Å². The van der Waals surface area contributed by atoms with Crippen molar-refractivity contribution in [2.75, 3.05) is 0 Å². The van der Waals surface area contributed by atoms with E-state index >= 15 is 0 Å². The van der Waals surface area contributed by atoms with E-state index in [0.29, 0.717) is 5.75 Å². The van der Waals surface area contributed by atoms with E-state index in [1.165, 1.54) is 17.8 Å². The predicted octanol–water partition coefficient (Wildman–Crippen LogP) is 2.85. The zero-order chi connectivity index (χ0) is 7.40. The lowest BCUT2D eigenvalue weighted by molar-refractivity contribution is 0.617. The van der Waals surface area contributed by atoms with Crippen molar-refractivity contribution in [2.24, 2.45) is 0 Å². The van der Waals surface area contributed by atoms with Gasteiger partial charge in [-0.2, -0.15) is 11.8 Å². The van der Waals surface area contributed by atoms with Crippen molar-refractivity contribution in [3.05, 3.63) is 41.9 Å². The van der Waals surface area contributed by atoms with Crippen molar-refractivity contribution in [3.63, 3.8) is 0 Å². The second-order valence-corrected chi connectivity index (χ2v) is 2.64. The van der Waals surface area contributed by atoms with Gasteiger partial charge in [0.1, 0.15) is 5.82 Å². The summed E-state index contributed by atoms with van der Waals surface area (Å²) in [6, 6.07) is 6.75. The van der Waals surface area contributed by atoms with Crippen LogP contribution in [0, 0.1) is 12.1 Å². The Morgan fingerprint density at radius 2 is 2.10 bits per heavy atom. The van der Waals surface area contributed by atoms with Crippen molar-refractivity contribution in [1.29, 1.82) is 0 Å². The Labute approximate surface area is 64.4 Å². The Balaban J connectivity index is 2.81. The highest BCUT2D eigenvalue weighted by Crippen LogP contribution is 2.13. The maximum Gasteiger partial charge on any atom is 0.127 e. The average Bonchev–Trinajstić information content (AvgIpc) is 1.94. The number of hydrogen-bond acceptors (Lipinski definition) is 1. The largest absolute Gasteiger partial charge is 0.207 e. The molecule has 0 aromatic heterocycles. The molecule has 0 unspecified atom stereocenters. The minimum Gasteiger partial charge on any atom is -0.207 e. The summed E-state index contributed by atoms with van der Waals surface area (Å²) in [6.07, 6.45) is 3.57. The van der Waals surface area contributed by atoms with E-state index in [0.717, 1.165) is 5.56 Å². The number of benzene rings is 1. The van der Waals surface area contributed by atoms with Crippen molar-refractivity contribution in [1.82, 2.24) is 0 Å². The molecule has 0 aliphatic heterocycles. The summed E-state index contributed by atoms with van der Waals surface area (Å²) in [5.74, 6) is 0.505. The molecule has 1 rings (SSSR count). The van der Waals surface area contributed by atoms with Crippen molar-refractivity contribution < 1.29 is 4.39 Å². The molecule has 0 saturated heterocycles. The van der Waals surface area contributed by atoms with E-state index in [1.807, 2.05) is 6.07 Å². The molecule has 0 heterocycles. The van der Waals surface area contributed by atoms with Gasteiger partial charge in [-0.05, 0) is 11.6 Å². The molecule has 1 radical (unpaired) electrons. The van der Waals surface area contributed by atoms with Gasteiger partial charge in [-0.15, -0.1) is 0 Å². The molecule has 0 amide bonds. The molecule has 0 spiro atoms. The second kappa shape index (κ2) is 3.62. The monoisotopic (exact) mass is 155 g/mol. The van der Waals surface area contributed by atoms with Crippen LogP contribution in [0.2, 0.25) is 0 Å². The number of rotatable bonds is 2. The summed E-state index contributed by atoms with van der Waals surface area (Å²) < 4.78 is 12.7. The van der Waals surface area contributed by atoms with E-state index in [9.17, 15) is 4.39 Å². The summed E-state index contributed by atoms with van der Waals surface area (Å²) in [6.45, 7) is 0. The quantitative estimate of drug-likeness (QED) is 0.632. The topological polar surface area (TPSA) is 0 Å². The maximum absolute atomic E-state index is 12.7. The first-order valence-electron chi connectivity index (χ1n) is 2.95. The highest BCUT2D eigenvalue weighted by atomic mass is 32.2. The van der Waals surface area contributed by atoms with Crippen LogP contribution in [0.25, 0.3) is 0 Å². The number of hydrogen-bond donors (Lipinski definition) is 0. The van der Waals surface area contributed by atoms with Gasteiger partial charge in [-0.3, -0.25) is 0 Å². The summed E-state index contributed by atoms with van der Waals surface area (Å²) in [7, 11) is 0. The predicted molar refractivity (Wildman–Crippen MR) is 43.1 cm³/mol. The van der Waals surface area contributed by atoms with Crippen LogP contribution in [0.15, 0.2) is 24.3 Å². The molecule has 0 saturated carbocycles. The Hall–Kier alpha value is -0.500. The van der Waals surface area contributed by atoms with Crippen LogP contribution in [-0.2, 0) is 5.75 Å². The summed E-state index contributed by atoms with van der Waals surface area (Å²) in [4.78, 5) is 0. The third-order valence-corrected chi connectivity index (χ3v) is 1.73. The van der Waals surface area contributed by atoms with Crippen LogP contribution in [0.3, 0.4) is 0 Å². The summed E-state index contributed by atoms with van der Waals surface area (Å²) in [5, 5.41) is 0. The zero-order valence-electron chi connectivity index (χ0n) is 5.51. The molecule has 0 nitrogen and oxygen atoms in total. The standard InChI is InChI=1S/C8H8FS/c1-10-6-7-4-2-3-5-8(7)9/h2-5H,1,6H2. The molecule has 2 heteroatoms. The number of halogens is 1. The second-order valence-electron chi connectivity index (χ2n) is 1.94. The molecule has 0 fully saturated rings. The highest BCUT2D eigenvalue weighted by molar-refractivity contribution is 7.99. The minimum absolute atomic E-state index is 0.140. The molecular formula is C8H8FS. The first kappa shape index (κ1) is 7.61. The van der Waals surface area contributed by atoms with Gasteiger partial charge in [0.15, 0.2) is 0 Å². The molecule has 1 aromatic carbocycles. The Morgan fingerprint density at radius 3 is 2.70 bits per heavy atom. The Bertz CT molecular complexity index is 210. The van der Waals surface area contributed by atoms with Crippen LogP contribution in [-0.4, -0.2) is 0 Å². The zero-order valence-corrected chi connectivity index (χ0v) is 6.33. The molecule has 1 aromatic rings. The lowest BCUT2D eigenvalue weighted by atomic mass is 10.2. The lowest BCUT2D eigenvalue weighted by Crippen LogP contribution is -1.83. The average molecular weight is 155 g/mol. The third-order valence-electron chi connectivity index (χ3n) is 1.22. The van der Waals surface area contributed by atoms with Gasteiger partial charge in [0, 0.05) is 12.0 Å². The molecule has 0 atom stereocenters. The van der Waals surface area contributed by atoms with E-state index in [4.69, 9.17) is 0 Å². The Kier molecular flexibility index (Phi) is 2.75. The van der Waals surface area contributed by atoms with Gasteiger partial charge in [-0.25, -0.2) is 4.39 Å². The van der Waals surface area contributed by atoms with Crippen LogP contribution in [0.4, 0.5) is 4.39 Å². The van der Waals surface area contributed by atoms with Crippen molar-refractivity contribution >= 4 is 11.8 Å². The van der Waals surface area contributed by atoms with Crippen molar-refractivity contribution in [3.8, 4) is 0 Å². The molecular weight excluding hydrogens is 147 g/mol. The fraction of sp³-hybridized carbons (Fsp3) is 0.125. The first-order valence-corrected chi connectivity index (χ1v) is 4.10.